The van der Waals surface area contributed by atoms with Crippen molar-refractivity contribution < 1.29 is 0 Å². The highest BCUT2D eigenvalue weighted by molar-refractivity contribution is 5.57. The monoisotopic (exact) mass is 327 g/mol. The number of anilines is 2. The van der Waals surface area contributed by atoms with Crippen molar-refractivity contribution in [3.8, 4) is 0 Å². The largest absolute Gasteiger partial charge is 0.368 e. The van der Waals surface area contributed by atoms with Gasteiger partial charge in [-0.15, -0.1) is 0 Å². The summed E-state index contributed by atoms with van der Waals surface area (Å²) in [6.07, 6.45) is 11.8. The zero-order valence-corrected chi connectivity index (χ0v) is 14.6. The molecule has 0 unspecified atom stereocenters. The van der Waals surface area contributed by atoms with Crippen LogP contribution in [0.4, 0.5) is 11.8 Å². The average Bonchev–Trinajstić information content (AvgIpc) is 3.20. The van der Waals surface area contributed by atoms with Gasteiger partial charge in [-0.1, -0.05) is 12.8 Å². The van der Waals surface area contributed by atoms with E-state index in [1.165, 1.54) is 81.5 Å². The number of hydrogen-bond donors (Lipinski definition) is 1. The first-order chi connectivity index (χ1) is 11.8. The molecular formula is C19H29N5. The Kier molecular flexibility index (Phi) is 3.47. The van der Waals surface area contributed by atoms with Gasteiger partial charge < -0.3 is 10.6 Å². The van der Waals surface area contributed by atoms with Crippen LogP contribution in [0.15, 0.2) is 0 Å². The molecule has 0 bridgehead atoms. The molecule has 1 spiro atoms. The number of rotatable bonds is 2. The molecule has 0 amide bonds. The van der Waals surface area contributed by atoms with Gasteiger partial charge in [0, 0.05) is 30.1 Å². The van der Waals surface area contributed by atoms with Crippen molar-refractivity contribution in [2.75, 3.05) is 36.8 Å². The third kappa shape index (κ3) is 2.24. The van der Waals surface area contributed by atoms with Crippen molar-refractivity contribution in [2.45, 2.75) is 69.2 Å². The molecule has 2 saturated heterocycles. The van der Waals surface area contributed by atoms with E-state index in [9.17, 15) is 0 Å². The smallest absolute Gasteiger partial charge is 0.222 e. The van der Waals surface area contributed by atoms with E-state index in [1.54, 1.807) is 0 Å². The van der Waals surface area contributed by atoms with Crippen LogP contribution >= 0.6 is 0 Å². The van der Waals surface area contributed by atoms with Crippen LogP contribution in [0.25, 0.3) is 0 Å². The fraction of sp³-hybridized carbons (Fsp3) is 0.789. The second-order valence-corrected chi connectivity index (χ2v) is 8.38. The molecule has 1 aromatic rings. The van der Waals surface area contributed by atoms with E-state index >= 15 is 0 Å². The number of fused-ring (bicyclic) bond motifs is 2. The molecule has 1 aromatic heterocycles. The predicted octanol–water partition coefficient (Wildman–Crippen LogP) is 2.49. The van der Waals surface area contributed by atoms with Crippen molar-refractivity contribution in [3.63, 3.8) is 0 Å². The van der Waals surface area contributed by atoms with E-state index in [2.05, 4.69) is 9.80 Å². The summed E-state index contributed by atoms with van der Waals surface area (Å²) in [5.41, 5.74) is 9.21. The first-order valence-electron chi connectivity index (χ1n) is 9.91. The molecule has 3 heterocycles. The molecule has 1 saturated carbocycles. The Hall–Kier alpha value is -1.36. The summed E-state index contributed by atoms with van der Waals surface area (Å²) < 4.78 is 0. The molecular weight excluding hydrogens is 298 g/mol. The third-order valence-electron chi connectivity index (χ3n) is 6.97. The Labute approximate surface area is 144 Å². The standard InChI is InChI=1S/C19H29N5/c20-18-21-16-15(6-5-9-19(16)7-1-2-8-19)17(22-18)24-12-14(13-24)23-10-3-4-11-23/h14H,1-13H2,(H2,20,21,22). The summed E-state index contributed by atoms with van der Waals surface area (Å²) in [6.45, 7) is 4.81. The average molecular weight is 327 g/mol. The maximum atomic E-state index is 6.15. The lowest BCUT2D eigenvalue weighted by Crippen LogP contribution is -2.59. The quantitative estimate of drug-likeness (QED) is 0.904. The van der Waals surface area contributed by atoms with Gasteiger partial charge in [0.25, 0.3) is 0 Å². The van der Waals surface area contributed by atoms with Crippen molar-refractivity contribution in [2.24, 2.45) is 0 Å². The molecule has 0 atom stereocenters. The van der Waals surface area contributed by atoms with E-state index in [0.29, 0.717) is 11.4 Å². The number of nitrogens with two attached hydrogens (primary N) is 1. The summed E-state index contributed by atoms with van der Waals surface area (Å²) in [6, 6.07) is 0.725. The summed E-state index contributed by atoms with van der Waals surface area (Å²) >= 11 is 0. The van der Waals surface area contributed by atoms with E-state index in [-0.39, 0.29) is 0 Å². The molecule has 5 rings (SSSR count). The van der Waals surface area contributed by atoms with Crippen LogP contribution in [0.3, 0.4) is 0 Å². The zero-order valence-electron chi connectivity index (χ0n) is 14.6. The molecule has 3 fully saturated rings. The van der Waals surface area contributed by atoms with Crippen LogP contribution in [-0.2, 0) is 11.8 Å². The van der Waals surface area contributed by atoms with Crippen LogP contribution in [0.1, 0.15) is 62.6 Å². The van der Waals surface area contributed by atoms with Gasteiger partial charge in [-0.3, -0.25) is 4.90 Å². The summed E-state index contributed by atoms with van der Waals surface area (Å²) in [5, 5.41) is 0. The van der Waals surface area contributed by atoms with Crippen molar-refractivity contribution in [1.82, 2.24) is 14.9 Å². The molecule has 2 aliphatic heterocycles. The molecule has 4 aliphatic rings. The van der Waals surface area contributed by atoms with E-state index in [4.69, 9.17) is 15.7 Å². The summed E-state index contributed by atoms with van der Waals surface area (Å²) in [5.74, 6) is 1.65. The lowest BCUT2D eigenvalue weighted by atomic mass is 9.71. The maximum Gasteiger partial charge on any atom is 0.222 e. The van der Waals surface area contributed by atoms with Crippen LogP contribution in [0.2, 0.25) is 0 Å². The fourth-order valence-corrected chi connectivity index (χ4v) is 5.65. The van der Waals surface area contributed by atoms with Crippen molar-refractivity contribution >= 4 is 11.8 Å². The molecule has 0 radical (unpaired) electrons. The van der Waals surface area contributed by atoms with Gasteiger partial charge in [0.1, 0.15) is 5.82 Å². The Morgan fingerprint density at radius 2 is 1.62 bits per heavy atom. The number of aromatic nitrogens is 2. The van der Waals surface area contributed by atoms with E-state index in [1.807, 2.05) is 0 Å². The minimum atomic E-state index is 0.318. The first-order valence-corrected chi connectivity index (χ1v) is 9.91. The van der Waals surface area contributed by atoms with Gasteiger partial charge in [0.2, 0.25) is 5.95 Å². The highest BCUT2D eigenvalue weighted by Gasteiger charge is 2.43. The molecule has 5 nitrogen and oxygen atoms in total. The van der Waals surface area contributed by atoms with Crippen molar-refractivity contribution in [3.05, 3.63) is 11.3 Å². The van der Waals surface area contributed by atoms with Crippen LogP contribution in [0, 0.1) is 0 Å². The molecule has 24 heavy (non-hydrogen) atoms. The molecule has 5 heteroatoms. The zero-order chi connectivity index (χ0) is 16.1. The van der Waals surface area contributed by atoms with Crippen LogP contribution in [0.5, 0.6) is 0 Å². The topological polar surface area (TPSA) is 58.3 Å². The second kappa shape index (κ2) is 5.58. The third-order valence-corrected chi connectivity index (χ3v) is 6.97. The fourth-order valence-electron chi connectivity index (χ4n) is 5.65. The Bertz CT molecular complexity index is 625. The first kappa shape index (κ1) is 14.9. The molecule has 2 aliphatic carbocycles. The molecule has 2 N–H and O–H groups in total. The Morgan fingerprint density at radius 3 is 2.38 bits per heavy atom. The minimum absolute atomic E-state index is 0.318. The van der Waals surface area contributed by atoms with Gasteiger partial charge in [-0.25, -0.2) is 4.98 Å². The van der Waals surface area contributed by atoms with Gasteiger partial charge in [0.15, 0.2) is 0 Å². The van der Waals surface area contributed by atoms with E-state index < -0.39 is 0 Å². The summed E-state index contributed by atoms with van der Waals surface area (Å²) in [7, 11) is 0. The predicted molar refractivity (Wildman–Crippen MR) is 96.3 cm³/mol. The van der Waals surface area contributed by atoms with Gasteiger partial charge >= 0.3 is 0 Å². The van der Waals surface area contributed by atoms with Gasteiger partial charge in [-0.05, 0) is 58.0 Å². The lowest BCUT2D eigenvalue weighted by Gasteiger charge is -2.46. The Morgan fingerprint density at radius 1 is 0.917 bits per heavy atom. The molecule has 130 valence electrons. The normalized spacial score (nSPS) is 26.8. The van der Waals surface area contributed by atoms with Crippen molar-refractivity contribution in [1.29, 1.82) is 0 Å². The lowest BCUT2D eigenvalue weighted by molar-refractivity contribution is 0.204. The van der Waals surface area contributed by atoms with Crippen LogP contribution < -0.4 is 10.6 Å². The highest BCUT2D eigenvalue weighted by Crippen LogP contribution is 2.49. The molecule has 0 aromatic carbocycles. The number of hydrogen-bond acceptors (Lipinski definition) is 5. The number of nitrogen functional groups attached to an aromatic ring is 1. The SMILES string of the molecule is Nc1nc(N2CC(N3CCCC3)C2)c2c(n1)C1(CCCC1)CCC2. The van der Waals surface area contributed by atoms with Crippen LogP contribution in [-0.4, -0.2) is 47.1 Å². The van der Waals surface area contributed by atoms with Gasteiger partial charge in [0.05, 0.1) is 5.69 Å². The number of nitrogens with zero attached hydrogens (tertiary/aromatic N) is 4. The number of likely N-dealkylation sites (tertiary alicyclic amines) is 1. The van der Waals surface area contributed by atoms with E-state index in [0.717, 1.165) is 25.6 Å². The van der Waals surface area contributed by atoms with Gasteiger partial charge in [-0.2, -0.15) is 4.98 Å². The Balaban J connectivity index is 1.44. The highest BCUT2D eigenvalue weighted by atomic mass is 15.3. The second-order valence-electron chi connectivity index (χ2n) is 8.38. The minimum Gasteiger partial charge on any atom is -0.368 e. The summed E-state index contributed by atoms with van der Waals surface area (Å²) in [4.78, 5) is 14.6. The maximum absolute atomic E-state index is 6.15.